The number of hydrogen-bond donors (Lipinski definition) is 1. The van der Waals surface area contributed by atoms with Gasteiger partial charge >= 0.3 is 0 Å². The van der Waals surface area contributed by atoms with Gasteiger partial charge in [-0.1, -0.05) is 65.8 Å². The molecular formula is C23H23ClN6OS. The summed E-state index contributed by atoms with van der Waals surface area (Å²) in [7, 11) is 1.89. The first-order chi connectivity index (χ1) is 15.5. The molecule has 0 saturated heterocycles. The molecular weight excluding hydrogens is 444 g/mol. The highest BCUT2D eigenvalue weighted by Gasteiger charge is 2.20. The summed E-state index contributed by atoms with van der Waals surface area (Å²) in [6.07, 6.45) is 1.95. The van der Waals surface area contributed by atoms with Crippen LogP contribution in [0.4, 0.5) is 0 Å². The predicted octanol–water partition coefficient (Wildman–Crippen LogP) is 4.43. The summed E-state index contributed by atoms with van der Waals surface area (Å²) in [6.45, 7) is 3.18. The van der Waals surface area contributed by atoms with Gasteiger partial charge in [-0.3, -0.25) is 9.48 Å². The lowest BCUT2D eigenvalue weighted by Crippen LogP contribution is -2.24. The highest BCUT2D eigenvalue weighted by atomic mass is 35.5. The smallest absolute Gasteiger partial charge is 0.230 e. The number of amides is 1. The Morgan fingerprint density at radius 2 is 1.84 bits per heavy atom. The lowest BCUT2D eigenvalue weighted by atomic mass is 10.1. The second kappa shape index (κ2) is 10.0. The third kappa shape index (κ3) is 5.03. The molecule has 7 nitrogen and oxygen atoms in total. The molecule has 4 aromatic rings. The Morgan fingerprint density at radius 1 is 1.09 bits per heavy atom. The van der Waals surface area contributed by atoms with E-state index in [2.05, 4.69) is 20.6 Å². The van der Waals surface area contributed by atoms with Crippen LogP contribution in [0.15, 0.2) is 66.0 Å². The van der Waals surface area contributed by atoms with E-state index in [1.807, 2.05) is 79.3 Å². The fourth-order valence-corrected chi connectivity index (χ4v) is 4.28. The van der Waals surface area contributed by atoms with Crippen LogP contribution in [-0.4, -0.2) is 36.2 Å². The van der Waals surface area contributed by atoms with Crippen LogP contribution in [0.5, 0.6) is 0 Å². The Labute approximate surface area is 195 Å². The second-order valence-corrected chi connectivity index (χ2v) is 8.55. The molecule has 0 aliphatic carbocycles. The van der Waals surface area contributed by atoms with Crippen molar-refractivity contribution in [3.8, 4) is 22.6 Å². The molecule has 0 atom stereocenters. The summed E-state index contributed by atoms with van der Waals surface area (Å²) in [6, 6.07) is 17.4. The Kier molecular flexibility index (Phi) is 6.92. The molecule has 2 aromatic carbocycles. The lowest BCUT2D eigenvalue weighted by Gasteiger charge is -2.08. The van der Waals surface area contributed by atoms with Crippen molar-refractivity contribution in [3.63, 3.8) is 0 Å². The van der Waals surface area contributed by atoms with Gasteiger partial charge in [-0.2, -0.15) is 5.10 Å². The van der Waals surface area contributed by atoms with E-state index < -0.39 is 0 Å². The van der Waals surface area contributed by atoms with Crippen molar-refractivity contribution in [3.05, 3.63) is 71.4 Å². The van der Waals surface area contributed by atoms with Crippen LogP contribution < -0.4 is 5.32 Å². The van der Waals surface area contributed by atoms with E-state index in [1.165, 1.54) is 11.8 Å². The van der Waals surface area contributed by atoms with Crippen molar-refractivity contribution >= 4 is 29.3 Å². The monoisotopic (exact) mass is 466 g/mol. The molecule has 164 valence electrons. The molecule has 1 amide bonds. The number of aromatic nitrogens is 5. The van der Waals surface area contributed by atoms with Crippen molar-refractivity contribution in [1.29, 1.82) is 0 Å². The summed E-state index contributed by atoms with van der Waals surface area (Å²) in [5.41, 5.74) is 3.78. The third-order valence-electron chi connectivity index (χ3n) is 4.89. The molecule has 0 unspecified atom stereocenters. The van der Waals surface area contributed by atoms with Gasteiger partial charge in [-0.15, -0.1) is 10.2 Å². The molecule has 0 spiro atoms. The van der Waals surface area contributed by atoms with E-state index in [9.17, 15) is 4.79 Å². The maximum absolute atomic E-state index is 12.3. The highest BCUT2D eigenvalue weighted by Crippen LogP contribution is 2.31. The molecule has 0 aliphatic heterocycles. The fraction of sp³-hybridized carbons (Fsp3) is 0.217. The van der Waals surface area contributed by atoms with E-state index in [-0.39, 0.29) is 11.7 Å². The Balaban J connectivity index is 1.47. The summed E-state index contributed by atoms with van der Waals surface area (Å²) in [4.78, 5) is 12.3. The molecule has 0 bridgehead atoms. The molecule has 2 heterocycles. The first-order valence-electron chi connectivity index (χ1n) is 10.2. The van der Waals surface area contributed by atoms with Crippen molar-refractivity contribution in [2.45, 2.75) is 25.2 Å². The number of nitrogens with one attached hydrogen (secondary N) is 1. The van der Waals surface area contributed by atoms with Crippen LogP contribution in [0, 0.1) is 0 Å². The van der Waals surface area contributed by atoms with E-state index in [4.69, 9.17) is 11.6 Å². The third-order valence-corrected chi connectivity index (χ3v) is 6.10. The fourth-order valence-electron chi connectivity index (χ4n) is 3.33. The van der Waals surface area contributed by atoms with Gasteiger partial charge in [0.05, 0.1) is 11.3 Å². The molecule has 9 heteroatoms. The van der Waals surface area contributed by atoms with Crippen molar-refractivity contribution in [2.24, 2.45) is 7.05 Å². The summed E-state index contributed by atoms with van der Waals surface area (Å²) in [5.74, 6) is 0.927. The maximum Gasteiger partial charge on any atom is 0.230 e. The zero-order chi connectivity index (χ0) is 22.5. The lowest BCUT2D eigenvalue weighted by molar-refractivity contribution is -0.118. The van der Waals surface area contributed by atoms with E-state index >= 15 is 0 Å². The largest absolute Gasteiger partial charge is 0.351 e. The number of carbonyl (C=O) groups excluding carboxylic acids is 1. The maximum atomic E-state index is 12.3. The average molecular weight is 467 g/mol. The minimum atomic E-state index is -0.0662. The first-order valence-corrected chi connectivity index (χ1v) is 11.6. The van der Waals surface area contributed by atoms with Gasteiger partial charge < -0.3 is 9.88 Å². The average Bonchev–Trinajstić information content (AvgIpc) is 3.40. The topological polar surface area (TPSA) is 77.6 Å². The zero-order valence-electron chi connectivity index (χ0n) is 17.8. The summed E-state index contributed by atoms with van der Waals surface area (Å²) in [5, 5.41) is 17.7. The number of halogens is 1. The van der Waals surface area contributed by atoms with Crippen molar-refractivity contribution in [2.75, 3.05) is 5.75 Å². The van der Waals surface area contributed by atoms with Gasteiger partial charge in [0.15, 0.2) is 11.0 Å². The number of nitrogens with zero attached hydrogens (tertiary/aromatic N) is 5. The normalized spacial score (nSPS) is 11.0. The minimum Gasteiger partial charge on any atom is -0.351 e. The van der Waals surface area contributed by atoms with Crippen LogP contribution in [0.3, 0.4) is 0 Å². The Hall–Kier alpha value is -3.10. The predicted molar refractivity (Wildman–Crippen MR) is 127 cm³/mol. The van der Waals surface area contributed by atoms with Crippen LogP contribution in [-0.2, 0) is 24.9 Å². The molecule has 1 N–H and O–H groups in total. The highest BCUT2D eigenvalue weighted by molar-refractivity contribution is 7.99. The van der Waals surface area contributed by atoms with Crippen molar-refractivity contribution < 1.29 is 4.79 Å². The summed E-state index contributed by atoms with van der Waals surface area (Å²) >= 11 is 7.27. The zero-order valence-corrected chi connectivity index (χ0v) is 19.4. The van der Waals surface area contributed by atoms with E-state index in [1.54, 1.807) is 4.68 Å². The number of benzene rings is 2. The molecule has 4 rings (SSSR count). The van der Waals surface area contributed by atoms with Crippen LogP contribution in [0.2, 0.25) is 5.02 Å². The van der Waals surface area contributed by atoms with Crippen LogP contribution in [0.25, 0.3) is 22.6 Å². The first kappa shape index (κ1) is 22.1. The molecule has 0 aliphatic rings. The molecule has 2 aromatic heterocycles. The van der Waals surface area contributed by atoms with Gasteiger partial charge in [0.25, 0.3) is 0 Å². The minimum absolute atomic E-state index is 0.0662. The van der Waals surface area contributed by atoms with Gasteiger partial charge in [-0.25, -0.2) is 0 Å². The Morgan fingerprint density at radius 3 is 2.56 bits per heavy atom. The standard InChI is InChI=1S/C23H23ClN6OS/c1-3-30-22(19-14-29(2)28-21(19)17-7-5-4-6-8-17)26-27-23(30)32-15-20(31)25-13-16-9-11-18(24)12-10-16/h4-12,14H,3,13,15H2,1-2H3,(H,25,31). The van der Waals surface area contributed by atoms with E-state index in [0.29, 0.717) is 23.3 Å². The van der Waals surface area contributed by atoms with Gasteiger partial charge in [-0.05, 0) is 24.6 Å². The molecule has 0 saturated carbocycles. The summed E-state index contributed by atoms with van der Waals surface area (Å²) < 4.78 is 3.80. The molecule has 0 radical (unpaired) electrons. The molecule has 32 heavy (non-hydrogen) atoms. The Bertz CT molecular complexity index is 1200. The number of hydrogen-bond acceptors (Lipinski definition) is 5. The van der Waals surface area contributed by atoms with Gasteiger partial charge in [0, 0.05) is 36.9 Å². The molecule has 0 fully saturated rings. The quantitative estimate of drug-likeness (QED) is 0.389. The van der Waals surface area contributed by atoms with Crippen LogP contribution in [0.1, 0.15) is 12.5 Å². The van der Waals surface area contributed by atoms with Crippen molar-refractivity contribution in [1.82, 2.24) is 29.9 Å². The SMILES string of the molecule is CCn1c(SCC(=O)NCc2ccc(Cl)cc2)nnc1-c1cn(C)nc1-c1ccccc1. The van der Waals surface area contributed by atoms with Gasteiger partial charge in [0.1, 0.15) is 5.69 Å². The number of aryl methyl sites for hydroxylation is 1. The second-order valence-electron chi connectivity index (χ2n) is 7.17. The van der Waals surface area contributed by atoms with Crippen LogP contribution >= 0.6 is 23.4 Å². The number of rotatable bonds is 8. The number of thioether (sulfide) groups is 1. The number of carbonyl (C=O) groups is 1. The van der Waals surface area contributed by atoms with E-state index in [0.717, 1.165) is 28.2 Å². The van der Waals surface area contributed by atoms with Gasteiger partial charge in [0.2, 0.25) is 5.91 Å².